The van der Waals surface area contributed by atoms with Crippen molar-refractivity contribution >= 4 is 11.6 Å². The maximum absolute atomic E-state index is 6.15. The first-order valence-electron chi connectivity index (χ1n) is 7.45. The predicted octanol–water partition coefficient (Wildman–Crippen LogP) is 3.12. The van der Waals surface area contributed by atoms with Gasteiger partial charge in [0.2, 0.25) is 0 Å². The topological polar surface area (TPSA) is 38.5 Å². The Morgan fingerprint density at radius 3 is 2.65 bits per heavy atom. The molecule has 1 unspecified atom stereocenters. The highest BCUT2D eigenvalue weighted by molar-refractivity contribution is 6.30. The van der Waals surface area contributed by atoms with Gasteiger partial charge in [0.25, 0.3) is 0 Å². The van der Waals surface area contributed by atoms with Crippen molar-refractivity contribution in [3.05, 3.63) is 28.8 Å². The van der Waals surface area contributed by atoms with Crippen molar-refractivity contribution in [3.63, 3.8) is 0 Å². The van der Waals surface area contributed by atoms with E-state index in [0.717, 1.165) is 22.9 Å². The fourth-order valence-corrected chi connectivity index (χ4v) is 3.42. The molecule has 2 N–H and O–H groups in total. The predicted molar refractivity (Wildman–Crippen MR) is 84.6 cm³/mol. The minimum Gasteiger partial charge on any atom is -0.496 e. The van der Waals surface area contributed by atoms with Gasteiger partial charge in [-0.2, -0.15) is 0 Å². The highest BCUT2D eigenvalue weighted by Gasteiger charge is 2.28. The largest absolute Gasteiger partial charge is 0.496 e. The first-order valence-corrected chi connectivity index (χ1v) is 7.83. The summed E-state index contributed by atoms with van der Waals surface area (Å²) in [6.07, 6.45) is 2.40. The van der Waals surface area contributed by atoms with Crippen LogP contribution in [0.1, 0.15) is 31.2 Å². The normalized spacial score (nSPS) is 19.0. The van der Waals surface area contributed by atoms with Crippen molar-refractivity contribution in [1.29, 1.82) is 0 Å². The Morgan fingerprint density at radius 1 is 1.40 bits per heavy atom. The maximum Gasteiger partial charge on any atom is 0.122 e. The summed E-state index contributed by atoms with van der Waals surface area (Å²) in [7, 11) is 1.71. The smallest absolute Gasteiger partial charge is 0.122 e. The van der Waals surface area contributed by atoms with Gasteiger partial charge in [-0.25, -0.2) is 0 Å². The number of benzene rings is 1. The fourth-order valence-electron chi connectivity index (χ4n) is 3.24. The van der Waals surface area contributed by atoms with Crippen LogP contribution in [-0.2, 0) is 0 Å². The van der Waals surface area contributed by atoms with Crippen LogP contribution in [0.4, 0.5) is 0 Å². The lowest BCUT2D eigenvalue weighted by Crippen LogP contribution is -2.37. The van der Waals surface area contributed by atoms with Crippen LogP contribution >= 0.6 is 11.6 Å². The molecule has 0 amide bonds. The molecule has 1 aliphatic rings. The van der Waals surface area contributed by atoms with E-state index in [9.17, 15) is 0 Å². The summed E-state index contributed by atoms with van der Waals surface area (Å²) in [5.41, 5.74) is 7.23. The van der Waals surface area contributed by atoms with Crippen molar-refractivity contribution in [3.8, 4) is 5.75 Å². The number of ether oxygens (including phenoxy) is 1. The Kier molecular flexibility index (Phi) is 5.70. The molecule has 112 valence electrons. The van der Waals surface area contributed by atoms with Crippen molar-refractivity contribution in [2.75, 3.05) is 33.3 Å². The zero-order chi connectivity index (χ0) is 14.5. The van der Waals surface area contributed by atoms with Crippen LogP contribution in [-0.4, -0.2) is 38.2 Å². The summed E-state index contributed by atoms with van der Waals surface area (Å²) in [5, 5.41) is 0.755. The van der Waals surface area contributed by atoms with Gasteiger partial charge in [-0.3, -0.25) is 0 Å². The van der Waals surface area contributed by atoms with Gasteiger partial charge in [-0.1, -0.05) is 18.5 Å². The second kappa shape index (κ2) is 7.30. The molecule has 1 atom stereocenters. The molecule has 20 heavy (non-hydrogen) atoms. The molecule has 1 aromatic carbocycles. The van der Waals surface area contributed by atoms with Crippen molar-refractivity contribution in [2.45, 2.75) is 25.7 Å². The van der Waals surface area contributed by atoms with Gasteiger partial charge < -0.3 is 15.4 Å². The lowest BCUT2D eigenvalue weighted by atomic mass is 9.79. The third-order valence-corrected chi connectivity index (χ3v) is 4.73. The first-order chi connectivity index (χ1) is 9.69. The van der Waals surface area contributed by atoms with Crippen LogP contribution in [0.25, 0.3) is 0 Å². The average Bonchev–Trinajstić information content (AvgIpc) is 2.49. The summed E-state index contributed by atoms with van der Waals surface area (Å²) in [4.78, 5) is 2.50. The first kappa shape index (κ1) is 15.6. The molecule has 3 nitrogen and oxygen atoms in total. The number of rotatable bonds is 5. The molecule has 1 fully saturated rings. The second-order valence-electron chi connectivity index (χ2n) is 5.50. The number of hydrogen-bond acceptors (Lipinski definition) is 3. The highest BCUT2D eigenvalue weighted by atomic mass is 35.5. The van der Waals surface area contributed by atoms with E-state index in [1.165, 1.54) is 25.9 Å². The summed E-state index contributed by atoms with van der Waals surface area (Å²) >= 11 is 6.15. The molecular weight excluding hydrogens is 272 g/mol. The molecule has 0 aromatic heterocycles. The summed E-state index contributed by atoms with van der Waals surface area (Å²) < 4.78 is 5.49. The van der Waals surface area contributed by atoms with E-state index < -0.39 is 0 Å². The van der Waals surface area contributed by atoms with Crippen LogP contribution in [0.3, 0.4) is 0 Å². The zero-order valence-corrected chi connectivity index (χ0v) is 13.2. The fraction of sp³-hybridized carbons (Fsp3) is 0.625. The van der Waals surface area contributed by atoms with Gasteiger partial charge >= 0.3 is 0 Å². The molecular formula is C16H25ClN2O. The molecule has 1 aliphatic heterocycles. The van der Waals surface area contributed by atoms with Crippen LogP contribution < -0.4 is 10.5 Å². The van der Waals surface area contributed by atoms with Gasteiger partial charge in [0.15, 0.2) is 0 Å². The Labute approximate surface area is 127 Å². The van der Waals surface area contributed by atoms with Crippen molar-refractivity contribution in [2.24, 2.45) is 11.7 Å². The lowest BCUT2D eigenvalue weighted by Gasteiger charge is -2.35. The second-order valence-corrected chi connectivity index (χ2v) is 5.94. The number of methoxy groups -OCH3 is 1. The van der Waals surface area contributed by atoms with E-state index >= 15 is 0 Å². The number of nitrogens with zero attached hydrogens (tertiary/aromatic N) is 1. The third kappa shape index (κ3) is 3.46. The minimum absolute atomic E-state index is 0.336. The highest BCUT2D eigenvalue weighted by Crippen LogP contribution is 2.37. The molecule has 0 spiro atoms. The lowest BCUT2D eigenvalue weighted by molar-refractivity contribution is 0.175. The molecule has 0 saturated carbocycles. The molecule has 1 saturated heterocycles. The Balaban J connectivity index is 2.18. The Hall–Kier alpha value is -0.770. The van der Waals surface area contributed by atoms with Gasteiger partial charge in [0.1, 0.15) is 5.75 Å². The molecule has 1 aromatic rings. The SMILES string of the molecule is CCN1CCC(C(CN)c2cc(Cl)ccc2OC)CC1. The van der Waals surface area contributed by atoms with Crippen molar-refractivity contribution < 1.29 is 4.74 Å². The number of halogens is 1. The number of nitrogens with two attached hydrogens (primary N) is 1. The Bertz CT molecular complexity index is 430. The zero-order valence-electron chi connectivity index (χ0n) is 12.4. The summed E-state index contributed by atoms with van der Waals surface area (Å²) in [6.45, 7) is 6.34. The standard InChI is InChI=1S/C16H25ClN2O/c1-3-19-8-6-12(7-9-19)15(11-18)14-10-13(17)4-5-16(14)20-2/h4-5,10,12,15H,3,6-9,11,18H2,1-2H3. The monoisotopic (exact) mass is 296 g/mol. The quantitative estimate of drug-likeness (QED) is 0.907. The molecule has 1 heterocycles. The number of hydrogen-bond donors (Lipinski definition) is 1. The van der Waals surface area contributed by atoms with E-state index in [1.54, 1.807) is 7.11 Å². The minimum atomic E-state index is 0.336. The molecule has 0 aliphatic carbocycles. The number of piperidine rings is 1. The summed E-state index contributed by atoms with van der Waals surface area (Å²) in [6, 6.07) is 5.84. The molecule has 4 heteroatoms. The van der Waals surface area contributed by atoms with Gasteiger partial charge in [-0.05, 0) is 63.1 Å². The summed E-state index contributed by atoms with van der Waals surface area (Å²) in [5.74, 6) is 1.86. The van der Waals surface area contributed by atoms with Crippen molar-refractivity contribution in [1.82, 2.24) is 4.90 Å². The molecule has 0 radical (unpaired) electrons. The van der Waals surface area contributed by atoms with E-state index in [-0.39, 0.29) is 0 Å². The van der Waals surface area contributed by atoms with Gasteiger partial charge in [0, 0.05) is 16.5 Å². The van der Waals surface area contributed by atoms with Crippen LogP contribution in [0.2, 0.25) is 5.02 Å². The van der Waals surface area contributed by atoms with E-state index in [0.29, 0.717) is 18.4 Å². The van der Waals surface area contributed by atoms with Crippen LogP contribution in [0.15, 0.2) is 18.2 Å². The maximum atomic E-state index is 6.15. The Morgan fingerprint density at radius 2 is 2.10 bits per heavy atom. The number of likely N-dealkylation sites (tertiary alicyclic amines) is 1. The van der Waals surface area contributed by atoms with Crippen LogP contribution in [0.5, 0.6) is 5.75 Å². The van der Waals surface area contributed by atoms with E-state index in [2.05, 4.69) is 11.8 Å². The van der Waals surface area contributed by atoms with E-state index in [4.69, 9.17) is 22.1 Å². The molecule has 0 bridgehead atoms. The van der Waals surface area contributed by atoms with Gasteiger partial charge in [-0.15, -0.1) is 0 Å². The van der Waals surface area contributed by atoms with Gasteiger partial charge in [0.05, 0.1) is 7.11 Å². The average molecular weight is 297 g/mol. The van der Waals surface area contributed by atoms with E-state index in [1.807, 2.05) is 18.2 Å². The van der Waals surface area contributed by atoms with Crippen LogP contribution in [0, 0.1) is 5.92 Å². The molecule has 2 rings (SSSR count). The third-order valence-electron chi connectivity index (χ3n) is 4.49.